The molecular formula is C24H34N6O3S. The number of piperidine rings is 1. The molecular weight excluding hydrogens is 452 g/mol. The molecule has 0 bridgehead atoms. The first kappa shape index (κ1) is 24.6. The summed E-state index contributed by atoms with van der Waals surface area (Å²) < 4.78 is 27.3. The number of likely N-dealkylation sites (N-methyl/N-ethyl adjacent to an activating group) is 1. The number of piperazine rings is 1. The molecule has 0 unspecified atom stereocenters. The first-order valence-electron chi connectivity index (χ1n) is 11.8. The minimum atomic E-state index is -3.48. The van der Waals surface area contributed by atoms with Crippen LogP contribution in [0.2, 0.25) is 0 Å². The van der Waals surface area contributed by atoms with E-state index in [1.165, 1.54) is 0 Å². The van der Waals surface area contributed by atoms with Gasteiger partial charge in [0.15, 0.2) is 0 Å². The van der Waals surface area contributed by atoms with Gasteiger partial charge in [0.2, 0.25) is 21.9 Å². The van der Waals surface area contributed by atoms with E-state index in [2.05, 4.69) is 25.1 Å². The van der Waals surface area contributed by atoms with Gasteiger partial charge in [-0.05, 0) is 57.5 Å². The molecule has 4 rings (SSSR count). The van der Waals surface area contributed by atoms with Crippen LogP contribution in [0.4, 0.5) is 5.95 Å². The first-order chi connectivity index (χ1) is 16.2. The van der Waals surface area contributed by atoms with Gasteiger partial charge in [-0.3, -0.25) is 4.79 Å². The van der Waals surface area contributed by atoms with Gasteiger partial charge in [-0.15, -0.1) is 0 Å². The molecule has 2 fully saturated rings. The van der Waals surface area contributed by atoms with Gasteiger partial charge in [-0.2, -0.15) is 4.31 Å². The third-order valence-electron chi connectivity index (χ3n) is 6.61. The van der Waals surface area contributed by atoms with Crippen molar-refractivity contribution >= 4 is 21.9 Å². The minimum absolute atomic E-state index is 0.0372. The molecule has 3 heterocycles. The highest BCUT2D eigenvalue weighted by molar-refractivity contribution is 7.89. The molecule has 1 N–H and O–H groups in total. The molecule has 0 saturated carbocycles. The Balaban J connectivity index is 1.27. The molecule has 2 aliphatic rings. The van der Waals surface area contributed by atoms with E-state index >= 15 is 0 Å². The second-order valence-electron chi connectivity index (χ2n) is 9.28. The highest BCUT2D eigenvalue weighted by atomic mass is 32.2. The van der Waals surface area contributed by atoms with Crippen LogP contribution in [0.1, 0.15) is 29.8 Å². The predicted molar refractivity (Wildman–Crippen MR) is 131 cm³/mol. The van der Waals surface area contributed by atoms with Crippen LogP contribution in [-0.4, -0.2) is 79.8 Å². The van der Waals surface area contributed by atoms with Crippen LogP contribution in [-0.2, 0) is 21.4 Å². The van der Waals surface area contributed by atoms with Gasteiger partial charge in [0, 0.05) is 63.1 Å². The number of anilines is 1. The molecule has 10 heteroatoms. The number of hydrogen-bond acceptors (Lipinski definition) is 7. The molecule has 0 aliphatic carbocycles. The number of nitrogens with one attached hydrogen (secondary N) is 1. The fraction of sp³-hybridized carbons (Fsp3) is 0.542. The molecule has 0 atom stereocenters. The largest absolute Gasteiger partial charge is 0.352 e. The summed E-state index contributed by atoms with van der Waals surface area (Å²) in [6, 6.07) is 8.79. The summed E-state index contributed by atoms with van der Waals surface area (Å²) >= 11 is 0. The lowest BCUT2D eigenvalue weighted by molar-refractivity contribution is -0.125. The number of nitrogens with zero attached hydrogens (tertiary/aromatic N) is 5. The van der Waals surface area contributed by atoms with Crippen LogP contribution >= 0.6 is 0 Å². The lowest BCUT2D eigenvalue weighted by Crippen LogP contribution is -2.47. The van der Waals surface area contributed by atoms with Crippen LogP contribution < -0.4 is 10.2 Å². The van der Waals surface area contributed by atoms with Crippen molar-refractivity contribution in [2.75, 3.05) is 51.2 Å². The Morgan fingerprint density at radius 1 is 0.971 bits per heavy atom. The van der Waals surface area contributed by atoms with Crippen LogP contribution in [0.5, 0.6) is 0 Å². The van der Waals surface area contributed by atoms with Crippen molar-refractivity contribution in [2.24, 2.45) is 5.92 Å². The lowest BCUT2D eigenvalue weighted by Gasteiger charge is -2.31. The molecule has 9 nitrogen and oxygen atoms in total. The van der Waals surface area contributed by atoms with E-state index in [4.69, 9.17) is 0 Å². The molecule has 1 amide bonds. The number of aromatic nitrogens is 2. The second kappa shape index (κ2) is 10.4. The van der Waals surface area contributed by atoms with E-state index in [1.54, 1.807) is 28.6 Å². The summed E-state index contributed by atoms with van der Waals surface area (Å²) in [5.41, 5.74) is 2.78. The van der Waals surface area contributed by atoms with Gasteiger partial charge in [0.25, 0.3) is 0 Å². The van der Waals surface area contributed by atoms with Crippen molar-refractivity contribution in [1.29, 1.82) is 0 Å². The average molecular weight is 487 g/mol. The third-order valence-corrected chi connectivity index (χ3v) is 8.52. The van der Waals surface area contributed by atoms with Gasteiger partial charge >= 0.3 is 0 Å². The summed E-state index contributed by atoms with van der Waals surface area (Å²) in [4.78, 5) is 26.3. The Hall–Kier alpha value is -2.56. The summed E-state index contributed by atoms with van der Waals surface area (Å²) in [7, 11) is -1.48. The Morgan fingerprint density at radius 2 is 1.56 bits per heavy atom. The van der Waals surface area contributed by atoms with E-state index < -0.39 is 10.0 Å². The van der Waals surface area contributed by atoms with E-state index in [9.17, 15) is 13.2 Å². The topological polar surface area (TPSA) is 98.7 Å². The number of sulfonamides is 1. The lowest BCUT2D eigenvalue weighted by atomic mass is 9.96. The minimum Gasteiger partial charge on any atom is -0.352 e. The SMILES string of the molecule is Cc1cc(C)nc(N2CCC(C(=O)NCc3ccc(S(=O)(=O)N4CCN(C)CC4)cc3)CC2)n1. The van der Waals surface area contributed by atoms with Crippen molar-refractivity contribution in [1.82, 2.24) is 24.5 Å². The summed E-state index contributed by atoms with van der Waals surface area (Å²) in [5, 5.41) is 3.01. The molecule has 0 spiro atoms. The number of carbonyl (C=O) groups excluding carboxylic acids is 1. The van der Waals surface area contributed by atoms with E-state index in [0.29, 0.717) is 24.5 Å². The third kappa shape index (κ3) is 5.73. The zero-order valence-corrected chi connectivity index (χ0v) is 21.0. The molecule has 34 heavy (non-hydrogen) atoms. The molecule has 2 saturated heterocycles. The van der Waals surface area contributed by atoms with E-state index in [-0.39, 0.29) is 11.8 Å². The van der Waals surface area contributed by atoms with Gasteiger partial charge in [0.1, 0.15) is 0 Å². The Bertz CT molecular complexity index is 1090. The zero-order chi connectivity index (χ0) is 24.3. The number of amides is 1. The Labute approximate surface area is 202 Å². The van der Waals surface area contributed by atoms with Crippen molar-refractivity contribution in [2.45, 2.75) is 38.1 Å². The van der Waals surface area contributed by atoms with Crippen molar-refractivity contribution in [3.63, 3.8) is 0 Å². The molecule has 1 aromatic carbocycles. The van der Waals surface area contributed by atoms with Crippen molar-refractivity contribution < 1.29 is 13.2 Å². The van der Waals surface area contributed by atoms with Crippen LogP contribution in [0.15, 0.2) is 35.2 Å². The molecule has 2 aliphatic heterocycles. The monoisotopic (exact) mass is 486 g/mol. The van der Waals surface area contributed by atoms with E-state index in [0.717, 1.165) is 61.9 Å². The second-order valence-corrected chi connectivity index (χ2v) is 11.2. The predicted octanol–water partition coefficient (Wildman–Crippen LogP) is 1.56. The van der Waals surface area contributed by atoms with Gasteiger partial charge in [0.05, 0.1) is 4.90 Å². The van der Waals surface area contributed by atoms with Gasteiger partial charge in [-0.25, -0.2) is 18.4 Å². The maximum Gasteiger partial charge on any atom is 0.243 e. The van der Waals surface area contributed by atoms with Crippen LogP contribution in [0.3, 0.4) is 0 Å². The summed E-state index contributed by atoms with van der Waals surface area (Å²) in [6.45, 7) is 8.29. The quantitative estimate of drug-likeness (QED) is 0.662. The normalized spacial score (nSPS) is 18.7. The molecule has 2 aromatic rings. The van der Waals surface area contributed by atoms with Crippen LogP contribution in [0.25, 0.3) is 0 Å². The van der Waals surface area contributed by atoms with E-state index in [1.807, 2.05) is 27.0 Å². The maximum atomic E-state index is 12.9. The van der Waals surface area contributed by atoms with Crippen LogP contribution in [0, 0.1) is 19.8 Å². The summed E-state index contributed by atoms with van der Waals surface area (Å²) in [5.74, 6) is 0.733. The van der Waals surface area contributed by atoms with Crippen molar-refractivity contribution in [3.8, 4) is 0 Å². The number of aryl methyl sites for hydroxylation is 2. The molecule has 0 radical (unpaired) electrons. The maximum absolute atomic E-state index is 12.9. The fourth-order valence-electron chi connectivity index (χ4n) is 4.48. The highest BCUT2D eigenvalue weighted by Gasteiger charge is 2.28. The Kier molecular flexibility index (Phi) is 7.49. The zero-order valence-electron chi connectivity index (χ0n) is 20.2. The number of carbonyl (C=O) groups is 1. The molecule has 184 valence electrons. The number of benzene rings is 1. The number of rotatable bonds is 6. The van der Waals surface area contributed by atoms with Crippen molar-refractivity contribution in [3.05, 3.63) is 47.3 Å². The average Bonchev–Trinajstić information content (AvgIpc) is 2.82. The summed E-state index contributed by atoms with van der Waals surface area (Å²) in [6.07, 6.45) is 1.51. The van der Waals surface area contributed by atoms with Gasteiger partial charge in [-0.1, -0.05) is 12.1 Å². The Morgan fingerprint density at radius 3 is 2.15 bits per heavy atom. The molecule has 1 aromatic heterocycles. The smallest absolute Gasteiger partial charge is 0.243 e. The number of hydrogen-bond donors (Lipinski definition) is 1. The highest BCUT2D eigenvalue weighted by Crippen LogP contribution is 2.22. The van der Waals surface area contributed by atoms with Gasteiger partial charge < -0.3 is 15.1 Å². The fourth-order valence-corrected chi connectivity index (χ4v) is 5.90. The standard InChI is InChI=1S/C24H34N6O3S/c1-18-16-19(2)27-24(26-18)29-10-8-21(9-11-29)23(31)25-17-20-4-6-22(7-5-20)34(32,33)30-14-12-28(3)13-15-30/h4-7,16,21H,8-15,17H2,1-3H3,(H,25,31). The first-order valence-corrected chi connectivity index (χ1v) is 13.3.